The van der Waals surface area contributed by atoms with Gasteiger partial charge in [-0.25, -0.2) is 4.39 Å². The average Bonchev–Trinajstić information content (AvgIpc) is 2.74. The first kappa shape index (κ1) is 19.7. The maximum absolute atomic E-state index is 13.8. The largest absolute Gasteiger partial charge is 0.467 e. The van der Waals surface area contributed by atoms with Crippen LogP contribution in [0.1, 0.15) is 11.1 Å². The molecule has 0 fully saturated rings. The van der Waals surface area contributed by atoms with E-state index in [1.807, 2.05) is 54.6 Å². The predicted octanol–water partition coefficient (Wildman–Crippen LogP) is 4.45. The van der Waals surface area contributed by atoms with Crippen molar-refractivity contribution in [1.82, 2.24) is 0 Å². The van der Waals surface area contributed by atoms with Gasteiger partial charge in [-0.15, -0.1) is 0 Å². The average molecular weight is 407 g/mol. The first-order chi connectivity index (χ1) is 14.7. The number of benzene rings is 3. The number of hydrogen-bond donors (Lipinski definition) is 2. The van der Waals surface area contributed by atoms with Gasteiger partial charge in [0.15, 0.2) is 12.8 Å². The van der Waals surface area contributed by atoms with Crippen LogP contribution in [0.15, 0.2) is 71.7 Å². The molecule has 4 rings (SSSR count). The Morgan fingerprint density at radius 2 is 1.90 bits per heavy atom. The summed E-state index contributed by atoms with van der Waals surface area (Å²) in [5, 5.41) is 3.05. The van der Waals surface area contributed by atoms with Crippen molar-refractivity contribution in [2.75, 3.05) is 18.7 Å². The number of anilines is 1. The monoisotopic (exact) mass is 407 g/mol. The van der Waals surface area contributed by atoms with Crippen LogP contribution in [0.4, 0.5) is 10.1 Å². The molecule has 0 aliphatic carbocycles. The van der Waals surface area contributed by atoms with Crippen molar-refractivity contribution in [1.29, 1.82) is 0 Å². The standard InChI is InChI=1S/C23H22FN3O3/c24-18-11-16(22-17(12-18)14-28-15-29-22)9-10-26-23(25)27-19-5-4-8-21(13-19)30-20-6-2-1-3-7-20/h1-8,11-13H,9-10,14-15H2,(H3,25,26,27). The van der Waals surface area contributed by atoms with E-state index >= 15 is 0 Å². The van der Waals surface area contributed by atoms with Gasteiger partial charge in [0.25, 0.3) is 0 Å². The van der Waals surface area contributed by atoms with Gasteiger partial charge >= 0.3 is 0 Å². The SMILES string of the molecule is NC(=NCCc1cc(F)cc2c1OCOC2)Nc1cccc(Oc2ccccc2)c1. The van der Waals surface area contributed by atoms with Crippen molar-refractivity contribution in [3.05, 3.63) is 83.7 Å². The number of halogens is 1. The fourth-order valence-electron chi connectivity index (χ4n) is 3.19. The number of nitrogens with zero attached hydrogens (tertiary/aromatic N) is 1. The molecule has 0 aromatic heterocycles. The number of nitrogens with one attached hydrogen (secondary N) is 1. The molecule has 6 nitrogen and oxygen atoms in total. The van der Waals surface area contributed by atoms with E-state index in [0.29, 0.717) is 36.6 Å². The Hall–Kier alpha value is -3.58. The van der Waals surface area contributed by atoms with Crippen LogP contribution < -0.4 is 20.5 Å². The third-order valence-corrected chi connectivity index (χ3v) is 4.50. The van der Waals surface area contributed by atoms with E-state index in [-0.39, 0.29) is 18.6 Å². The summed E-state index contributed by atoms with van der Waals surface area (Å²) in [4.78, 5) is 4.34. The molecular formula is C23H22FN3O3. The highest BCUT2D eigenvalue weighted by atomic mass is 19.1. The summed E-state index contributed by atoms with van der Waals surface area (Å²) in [6.45, 7) is 0.896. The molecule has 3 aromatic rings. The van der Waals surface area contributed by atoms with Gasteiger partial charge in [0, 0.05) is 23.9 Å². The van der Waals surface area contributed by atoms with Crippen molar-refractivity contribution in [2.45, 2.75) is 13.0 Å². The smallest absolute Gasteiger partial charge is 0.193 e. The van der Waals surface area contributed by atoms with E-state index in [2.05, 4.69) is 10.3 Å². The maximum atomic E-state index is 13.8. The summed E-state index contributed by atoms with van der Waals surface area (Å²) >= 11 is 0. The number of hydrogen-bond acceptors (Lipinski definition) is 4. The second-order valence-electron chi connectivity index (χ2n) is 6.75. The fourth-order valence-corrected chi connectivity index (χ4v) is 3.19. The zero-order valence-electron chi connectivity index (χ0n) is 16.3. The predicted molar refractivity (Wildman–Crippen MR) is 113 cm³/mol. The molecule has 0 spiro atoms. The molecule has 3 N–H and O–H groups in total. The van der Waals surface area contributed by atoms with Gasteiger partial charge in [0.1, 0.15) is 23.1 Å². The number of aliphatic imine (C=N–C) groups is 1. The van der Waals surface area contributed by atoms with Gasteiger partial charge in [-0.1, -0.05) is 24.3 Å². The van der Waals surface area contributed by atoms with Gasteiger partial charge in [-0.05, 0) is 48.4 Å². The number of ether oxygens (including phenoxy) is 3. The van der Waals surface area contributed by atoms with Gasteiger partial charge in [0.05, 0.1) is 6.61 Å². The summed E-state index contributed by atoms with van der Waals surface area (Å²) in [6, 6.07) is 19.9. The van der Waals surface area contributed by atoms with Crippen LogP contribution in [0.2, 0.25) is 0 Å². The molecule has 1 aliphatic heterocycles. The van der Waals surface area contributed by atoms with Crippen molar-refractivity contribution in [3.8, 4) is 17.2 Å². The molecule has 0 bridgehead atoms. The molecule has 0 amide bonds. The van der Waals surface area contributed by atoms with Crippen LogP contribution >= 0.6 is 0 Å². The first-order valence-electron chi connectivity index (χ1n) is 9.59. The lowest BCUT2D eigenvalue weighted by molar-refractivity contribution is -0.0172. The Kier molecular flexibility index (Phi) is 6.10. The Bertz CT molecular complexity index is 1040. The lowest BCUT2D eigenvalue weighted by Crippen LogP contribution is -2.23. The van der Waals surface area contributed by atoms with Crippen molar-refractivity contribution < 1.29 is 18.6 Å². The van der Waals surface area contributed by atoms with Crippen LogP contribution in [0.3, 0.4) is 0 Å². The second kappa shape index (κ2) is 9.28. The highest BCUT2D eigenvalue weighted by Gasteiger charge is 2.16. The Morgan fingerprint density at radius 3 is 2.77 bits per heavy atom. The normalized spacial score (nSPS) is 13.3. The van der Waals surface area contributed by atoms with Crippen molar-refractivity contribution >= 4 is 11.6 Å². The molecule has 0 saturated heterocycles. The topological polar surface area (TPSA) is 78.1 Å². The third-order valence-electron chi connectivity index (χ3n) is 4.50. The molecule has 154 valence electrons. The minimum Gasteiger partial charge on any atom is -0.467 e. The first-order valence-corrected chi connectivity index (χ1v) is 9.59. The quantitative estimate of drug-likeness (QED) is 0.466. The van der Waals surface area contributed by atoms with Crippen LogP contribution in [0.25, 0.3) is 0 Å². The molecule has 0 saturated carbocycles. The molecule has 1 heterocycles. The number of para-hydroxylation sites is 1. The summed E-state index contributed by atoms with van der Waals surface area (Å²) in [5.41, 5.74) is 8.23. The molecule has 7 heteroatoms. The Balaban J connectivity index is 1.37. The van der Waals surface area contributed by atoms with Gasteiger partial charge in [-0.3, -0.25) is 4.99 Å². The van der Waals surface area contributed by atoms with Gasteiger partial charge < -0.3 is 25.3 Å². The van der Waals surface area contributed by atoms with Gasteiger partial charge in [-0.2, -0.15) is 0 Å². The minimum atomic E-state index is -0.317. The summed E-state index contributed by atoms with van der Waals surface area (Å²) in [6.07, 6.45) is 0.500. The maximum Gasteiger partial charge on any atom is 0.193 e. The molecular weight excluding hydrogens is 385 g/mol. The van der Waals surface area contributed by atoms with E-state index in [4.69, 9.17) is 19.9 Å². The second-order valence-corrected chi connectivity index (χ2v) is 6.75. The molecule has 0 atom stereocenters. The van der Waals surface area contributed by atoms with Crippen LogP contribution in [-0.4, -0.2) is 19.3 Å². The van der Waals surface area contributed by atoms with Crippen LogP contribution in [-0.2, 0) is 17.8 Å². The zero-order valence-corrected chi connectivity index (χ0v) is 16.3. The highest BCUT2D eigenvalue weighted by Crippen LogP contribution is 2.29. The number of guanidine groups is 1. The summed E-state index contributed by atoms with van der Waals surface area (Å²) < 4.78 is 30.4. The lowest BCUT2D eigenvalue weighted by Gasteiger charge is -2.20. The van der Waals surface area contributed by atoms with Gasteiger partial charge in [0.2, 0.25) is 0 Å². The van der Waals surface area contributed by atoms with Crippen molar-refractivity contribution in [3.63, 3.8) is 0 Å². The molecule has 0 radical (unpaired) electrons. The van der Waals surface area contributed by atoms with E-state index in [1.54, 1.807) is 0 Å². The Labute approximate surface area is 174 Å². The number of nitrogens with two attached hydrogens (primary N) is 1. The van der Waals surface area contributed by atoms with E-state index in [1.165, 1.54) is 12.1 Å². The number of fused-ring (bicyclic) bond motifs is 1. The van der Waals surface area contributed by atoms with E-state index in [9.17, 15) is 4.39 Å². The van der Waals surface area contributed by atoms with E-state index < -0.39 is 0 Å². The van der Waals surface area contributed by atoms with Crippen LogP contribution in [0.5, 0.6) is 17.2 Å². The Morgan fingerprint density at radius 1 is 1.07 bits per heavy atom. The minimum absolute atomic E-state index is 0.167. The van der Waals surface area contributed by atoms with Crippen LogP contribution in [0, 0.1) is 5.82 Å². The third kappa shape index (κ3) is 5.07. The molecule has 0 unspecified atom stereocenters. The molecule has 1 aliphatic rings. The van der Waals surface area contributed by atoms with E-state index in [0.717, 1.165) is 17.0 Å². The van der Waals surface area contributed by atoms with Crippen molar-refractivity contribution in [2.24, 2.45) is 10.7 Å². The molecule has 30 heavy (non-hydrogen) atoms. The fraction of sp³-hybridized carbons (Fsp3) is 0.174. The summed E-state index contributed by atoms with van der Waals surface area (Å²) in [7, 11) is 0. The zero-order chi connectivity index (χ0) is 20.8. The highest BCUT2D eigenvalue weighted by molar-refractivity contribution is 5.92. The summed E-state index contributed by atoms with van der Waals surface area (Å²) in [5.74, 6) is 2.06. The number of rotatable bonds is 6. The lowest BCUT2D eigenvalue weighted by atomic mass is 10.1. The molecule has 3 aromatic carbocycles.